The first-order chi connectivity index (χ1) is 13.6. The molecule has 0 aliphatic rings. The van der Waals surface area contributed by atoms with Crippen molar-refractivity contribution in [3.8, 4) is 22.9 Å². The van der Waals surface area contributed by atoms with Gasteiger partial charge in [0, 0.05) is 22.4 Å². The minimum atomic E-state index is -0.165. The average Bonchev–Trinajstić information content (AvgIpc) is 3.20. The second-order valence-corrected chi connectivity index (χ2v) is 6.68. The topological polar surface area (TPSA) is 68.0 Å². The molecule has 0 saturated heterocycles. The maximum absolute atomic E-state index is 12.4. The quantitative estimate of drug-likeness (QED) is 0.532. The first-order valence-corrected chi connectivity index (χ1v) is 8.97. The molecule has 0 aliphatic heterocycles. The Morgan fingerprint density at radius 1 is 0.714 bits per heavy atom. The Morgan fingerprint density at radius 2 is 1.18 bits per heavy atom. The van der Waals surface area contributed by atoms with Crippen LogP contribution in [0.25, 0.3) is 22.9 Å². The average molecular weight is 369 g/mol. The molecule has 5 nitrogen and oxygen atoms in total. The van der Waals surface area contributed by atoms with Gasteiger partial charge in [-0.2, -0.15) is 0 Å². The van der Waals surface area contributed by atoms with E-state index in [0.717, 1.165) is 22.4 Å². The SMILES string of the molecule is Cc1ccc(NC(=O)c2ccc(-c3nnc(-c4ccc(C)cc4)o3)cc2)cc1. The van der Waals surface area contributed by atoms with Gasteiger partial charge in [-0.25, -0.2) is 0 Å². The van der Waals surface area contributed by atoms with Crippen LogP contribution in [-0.4, -0.2) is 16.1 Å². The molecule has 4 aromatic rings. The second-order valence-electron chi connectivity index (χ2n) is 6.68. The van der Waals surface area contributed by atoms with Crippen molar-refractivity contribution in [2.24, 2.45) is 0 Å². The van der Waals surface area contributed by atoms with E-state index in [-0.39, 0.29) is 5.91 Å². The third-order valence-electron chi connectivity index (χ3n) is 4.43. The second kappa shape index (κ2) is 7.48. The van der Waals surface area contributed by atoms with E-state index in [1.54, 1.807) is 24.3 Å². The molecule has 1 amide bonds. The Hall–Kier alpha value is -3.73. The van der Waals surface area contributed by atoms with E-state index in [0.29, 0.717) is 17.3 Å². The Balaban J connectivity index is 1.49. The molecule has 5 heteroatoms. The lowest BCUT2D eigenvalue weighted by atomic mass is 10.1. The van der Waals surface area contributed by atoms with Crippen molar-refractivity contribution in [1.29, 1.82) is 0 Å². The van der Waals surface area contributed by atoms with Crippen molar-refractivity contribution < 1.29 is 9.21 Å². The predicted octanol–water partition coefficient (Wildman–Crippen LogP) is 5.27. The van der Waals surface area contributed by atoms with Crippen molar-refractivity contribution in [1.82, 2.24) is 10.2 Å². The van der Waals surface area contributed by atoms with Gasteiger partial charge in [0.25, 0.3) is 5.91 Å². The molecule has 0 bridgehead atoms. The normalized spacial score (nSPS) is 10.6. The highest BCUT2D eigenvalue weighted by atomic mass is 16.4. The van der Waals surface area contributed by atoms with Crippen LogP contribution < -0.4 is 5.32 Å². The number of benzene rings is 3. The lowest BCUT2D eigenvalue weighted by Gasteiger charge is -2.06. The molecule has 0 atom stereocenters. The van der Waals surface area contributed by atoms with Crippen molar-refractivity contribution >= 4 is 11.6 Å². The van der Waals surface area contributed by atoms with Gasteiger partial charge in [0.2, 0.25) is 11.8 Å². The van der Waals surface area contributed by atoms with Crippen molar-refractivity contribution in [2.45, 2.75) is 13.8 Å². The third-order valence-corrected chi connectivity index (χ3v) is 4.43. The van der Waals surface area contributed by atoms with E-state index in [9.17, 15) is 4.79 Å². The molecule has 1 aromatic heterocycles. The summed E-state index contributed by atoms with van der Waals surface area (Å²) in [5, 5.41) is 11.1. The van der Waals surface area contributed by atoms with Gasteiger partial charge in [-0.1, -0.05) is 35.4 Å². The Kier molecular flexibility index (Phi) is 4.72. The molecule has 28 heavy (non-hydrogen) atoms. The van der Waals surface area contributed by atoms with Crippen LogP contribution in [0.15, 0.2) is 77.2 Å². The molecule has 138 valence electrons. The predicted molar refractivity (Wildman–Crippen MR) is 109 cm³/mol. The number of hydrogen-bond donors (Lipinski definition) is 1. The zero-order valence-electron chi connectivity index (χ0n) is 15.6. The Labute approximate surface area is 163 Å². The highest BCUT2D eigenvalue weighted by Crippen LogP contribution is 2.24. The van der Waals surface area contributed by atoms with E-state index in [1.165, 1.54) is 5.56 Å². The maximum Gasteiger partial charge on any atom is 0.255 e. The molecule has 1 N–H and O–H groups in total. The maximum atomic E-state index is 12.4. The fourth-order valence-electron chi connectivity index (χ4n) is 2.76. The largest absolute Gasteiger partial charge is 0.416 e. The van der Waals surface area contributed by atoms with E-state index in [2.05, 4.69) is 15.5 Å². The Bertz CT molecular complexity index is 1100. The van der Waals surface area contributed by atoms with Gasteiger partial charge in [0.05, 0.1) is 0 Å². The van der Waals surface area contributed by atoms with Gasteiger partial charge < -0.3 is 9.73 Å². The summed E-state index contributed by atoms with van der Waals surface area (Å²) < 4.78 is 5.78. The summed E-state index contributed by atoms with van der Waals surface area (Å²) in [6.45, 7) is 4.03. The van der Waals surface area contributed by atoms with E-state index < -0.39 is 0 Å². The summed E-state index contributed by atoms with van der Waals surface area (Å²) in [5.74, 6) is 0.721. The minimum absolute atomic E-state index is 0.165. The van der Waals surface area contributed by atoms with Crippen LogP contribution >= 0.6 is 0 Å². The van der Waals surface area contributed by atoms with Crippen LogP contribution in [0.2, 0.25) is 0 Å². The van der Waals surface area contributed by atoms with E-state index in [1.807, 2.05) is 62.4 Å². The highest BCUT2D eigenvalue weighted by Gasteiger charge is 2.12. The summed E-state index contributed by atoms with van der Waals surface area (Å²) >= 11 is 0. The fourth-order valence-corrected chi connectivity index (χ4v) is 2.76. The Morgan fingerprint density at radius 3 is 1.71 bits per heavy atom. The number of anilines is 1. The lowest BCUT2D eigenvalue weighted by molar-refractivity contribution is 0.102. The number of amides is 1. The van der Waals surface area contributed by atoms with Gasteiger partial charge in [-0.15, -0.1) is 10.2 Å². The molecule has 4 rings (SSSR count). The summed E-state index contributed by atoms with van der Waals surface area (Å²) in [5.41, 5.74) is 5.27. The number of aromatic nitrogens is 2. The molecular formula is C23H19N3O2. The van der Waals surface area contributed by atoms with Crippen LogP contribution in [0.3, 0.4) is 0 Å². The van der Waals surface area contributed by atoms with Crippen LogP contribution in [0.4, 0.5) is 5.69 Å². The number of rotatable bonds is 4. The fraction of sp³-hybridized carbons (Fsp3) is 0.0870. The van der Waals surface area contributed by atoms with Crippen molar-refractivity contribution in [2.75, 3.05) is 5.32 Å². The first kappa shape index (κ1) is 17.7. The van der Waals surface area contributed by atoms with Crippen LogP contribution in [-0.2, 0) is 0 Å². The van der Waals surface area contributed by atoms with Crippen molar-refractivity contribution in [3.63, 3.8) is 0 Å². The minimum Gasteiger partial charge on any atom is -0.416 e. The van der Waals surface area contributed by atoms with E-state index >= 15 is 0 Å². The molecule has 1 heterocycles. The molecule has 0 unspecified atom stereocenters. The van der Waals surface area contributed by atoms with Crippen LogP contribution in [0.5, 0.6) is 0 Å². The third kappa shape index (κ3) is 3.83. The van der Waals surface area contributed by atoms with Gasteiger partial charge in [-0.05, 0) is 62.4 Å². The smallest absolute Gasteiger partial charge is 0.255 e. The zero-order valence-corrected chi connectivity index (χ0v) is 15.6. The molecule has 0 spiro atoms. The van der Waals surface area contributed by atoms with Crippen LogP contribution in [0.1, 0.15) is 21.5 Å². The first-order valence-electron chi connectivity index (χ1n) is 8.97. The van der Waals surface area contributed by atoms with Gasteiger partial charge >= 0.3 is 0 Å². The molecule has 0 radical (unpaired) electrons. The number of carbonyl (C=O) groups excluding carboxylic acids is 1. The molecule has 0 fully saturated rings. The van der Waals surface area contributed by atoms with Crippen LogP contribution in [0, 0.1) is 13.8 Å². The standard InChI is InChI=1S/C23H19N3O2/c1-15-3-7-18(8-4-15)22-25-26-23(28-22)19-11-9-17(10-12-19)21(27)24-20-13-5-16(2)6-14-20/h3-14H,1-2H3,(H,24,27). The zero-order chi connectivity index (χ0) is 19.5. The molecule has 0 aliphatic carbocycles. The number of nitrogens with one attached hydrogen (secondary N) is 1. The number of carbonyl (C=O) groups is 1. The summed E-state index contributed by atoms with van der Waals surface area (Å²) in [4.78, 5) is 12.4. The molecule has 0 saturated carbocycles. The lowest BCUT2D eigenvalue weighted by Crippen LogP contribution is -2.11. The van der Waals surface area contributed by atoms with Crippen molar-refractivity contribution in [3.05, 3.63) is 89.5 Å². The summed E-state index contributed by atoms with van der Waals surface area (Å²) in [7, 11) is 0. The van der Waals surface area contributed by atoms with Gasteiger partial charge in [-0.3, -0.25) is 4.79 Å². The summed E-state index contributed by atoms with van der Waals surface area (Å²) in [6.07, 6.45) is 0. The molecule has 3 aromatic carbocycles. The summed E-state index contributed by atoms with van der Waals surface area (Å²) in [6, 6.07) is 22.7. The van der Waals surface area contributed by atoms with E-state index in [4.69, 9.17) is 4.42 Å². The molecular weight excluding hydrogens is 350 g/mol. The number of hydrogen-bond acceptors (Lipinski definition) is 4. The van der Waals surface area contributed by atoms with Gasteiger partial charge in [0.15, 0.2) is 0 Å². The monoisotopic (exact) mass is 369 g/mol. The number of nitrogens with zero attached hydrogens (tertiary/aromatic N) is 2. The highest BCUT2D eigenvalue weighted by molar-refractivity contribution is 6.04. The van der Waals surface area contributed by atoms with Gasteiger partial charge in [0.1, 0.15) is 0 Å². The number of aryl methyl sites for hydroxylation is 2.